The summed E-state index contributed by atoms with van der Waals surface area (Å²) in [7, 11) is 0. The molecule has 0 aromatic heterocycles. The first-order chi connectivity index (χ1) is 9.72. The summed E-state index contributed by atoms with van der Waals surface area (Å²) in [5.74, 6) is 1.56. The van der Waals surface area contributed by atoms with Gasteiger partial charge in [0, 0.05) is 19.0 Å². The van der Waals surface area contributed by atoms with Gasteiger partial charge in [0.15, 0.2) is 0 Å². The molecule has 1 aliphatic carbocycles. The van der Waals surface area contributed by atoms with Gasteiger partial charge < -0.3 is 10.6 Å². The molecule has 1 aliphatic rings. The van der Waals surface area contributed by atoms with Crippen molar-refractivity contribution >= 4 is 5.91 Å². The summed E-state index contributed by atoms with van der Waals surface area (Å²) in [4.78, 5) is 14.7. The van der Waals surface area contributed by atoms with Gasteiger partial charge >= 0.3 is 0 Å². The standard InChI is InChI=1S/C17H34N2O/c1-3-5-7-15-8-10-16(11-9-15)17(20)19(13-4-2)14-6-12-18/h15-16H,3-14,18H2,1-2H3. The van der Waals surface area contributed by atoms with Gasteiger partial charge in [0.2, 0.25) is 5.91 Å². The Morgan fingerprint density at radius 3 is 2.30 bits per heavy atom. The van der Waals surface area contributed by atoms with Gasteiger partial charge in [0.05, 0.1) is 0 Å². The molecule has 1 saturated carbocycles. The van der Waals surface area contributed by atoms with Gasteiger partial charge in [-0.3, -0.25) is 4.79 Å². The van der Waals surface area contributed by atoms with Crippen molar-refractivity contribution in [1.82, 2.24) is 4.90 Å². The number of hydrogen-bond donors (Lipinski definition) is 1. The largest absolute Gasteiger partial charge is 0.342 e. The van der Waals surface area contributed by atoms with Crippen molar-refractivity contribution in [2.24, 2.45) is 17.6 Å². The smallest absolute Gasteiger partial charge is 0.225 e. The third kappa shape index (κ3) is 5.82. The maximum absolute atomic E-state index is 12.6. The molecule has 1 amide bonds. The predicted molar refractivity (Wildman–Crippen MR) is 85.5 cm³/mol. The van der Waals surface area contributed by atoms with Crippen LogP contribution in [0.15, 0.2) is 0 Å². The van der Waals surface area contributed by atoms with Gasteiger partial charge in [-0.05, 0) is 51.0 Å². The Morgan fingerprint density at radius 2 is 1.75 bits per heavy atom. The van der Waals surface area contributed by atoms with Crippen LogP contribution < -0.4 is 5.73 Å². The zero-order valence-corrected chi connectivity index (χ0v) is 13.6. The maximum atomic E-state index is 12.6. The van der Waals surface area contributed by atoms with Crippen molar-refractivity contribution < 1.29 is 4.79 Å². The van der Waals surface area contributed by atoms with Crippen LogP contribution in [0.25, 0.3) is 0 Å². The minimum Gasteiger partial charge on any atom is -0.342 e. The molecule has 3 nitrogen and oxygen atoms in total. The number of rotatable bonds is 9. The monoisotopic (exact) mass is 282 g/mol. The van der Waals surface area contributed by atoms with Crippen LogP contribution in [0, 0.1) is 11.8 Å². The van der Waals surface area contributed by atoms with Crippen molar-refractivity contribution in [2.75, 3.05) is 19.6 Å². The zero-order chi connectivity index (χ0) is 14.8. The SMILES string of the molecule is CCCCC1CCC(C(=O)N(CCC)CCCN)CC1. The van der Waals surface area contributed by atoms with Crippen LogP contribution in [0.3, 0.4) is 0 Å². The number of nitrogens with two attached hydrogens (primary N) is 1. The fraction of sp³-hybridized carbons (Fsp3) is 0.941. The lowest BCUT2D eigenvalue weighted by atomic mass is 9.79. The average Bonchev–Trinajstić information content (AvgIpc) is 2.49. The van der Waals surface area contributed by atoms with Crippen LogP contribution in [-0.4, -0.2) is 30.4 Å². The third-order valence-electron chi connectivity index (χ3n) is 4.60. The Morgan fingerprint density at radius 1 is 1.05 bits per heavy atom. The number of unbranched alkanes of at least 4 members (excludes halogenated alkanes) is 1. The van der Waals surface area contributed by atoms with E-state index in [4.69, 9.17) is 5.73 Å². The number of hydrogen-bond acceptors (Lipinski definition) is 2. The van der Waals surface area contributed by atoms with E-state index in [1.54, 1.807) is 0 Å². The summed E-state index contributed by atoms with van der Waals surface area (Å²) in [5.41, 5.74) is 5.58. The normalized spacial score (nSPS) is 22.8. The first-order valence-corrected chi connectivity index (χ1v) is 8.71. The summed E-state index contributed by atoms with van der Waals surface area (Å²) in [6, 6.07) is 0. The van der Waals surface area contributed by atoms with Crippen molar-refractivity contribution in [3.8, 4) is 0 Å². The van der Waals surface area contributed by atoms with Gasteiger partial charge in [0.1, 0.15) is 0 Å². The molecular formula is C17H34N2O. The Hall–Kier alpha value is -0.570. The molecule has 0 aromatic carbocycles. The van der Waals surface area contributed by atoms with Crippen molar-refractivity contribution in [3.05, 3.63) is 0 Å². The maximum Gasteiger partial charge on any atom is 0.225 e. The Bertz CT molecular complexity index is 260. The molecule has 0 aliphatic heterocycles. The topological polar surface area (TPSA) is 46.3 Å². The van der Waals surface area contributed by atoms with Gasteiger partial charge in [-0.2, -0.15) is 0 Å². The van der Waals surface area contributed by atoms with E-state index in [1.165, 1.54) is 32.1 Å². The molecule has 0 bridgehead atoms. The molecular weight excluding hydrogens is 248 g/mol. The van der Waals surface area contributed by atoms with Crippen LogP contribution in [0.2, 0.25) is 0 Å². The molecule has 118 valence electrons. The zero-order valence-electron chi connectivity index (χ0n) is 13.6. The summed E-state index contributed by atoms with van der Waals surface area (Å²) in [6.07, 6.45) is 10.7. The quantitative estimate of drug-likeness (QED) is 0.702. The van der Waals surface area contributed by atoms with Crippen LogP contribution in [0.4, 0.5) is 0 Å². The van der Waals surface area contributed by atoms with E-state index in [1.807, 2.05) is 0 Å². The van der Waals surface area contributed by atoms with Gasteiger partial charge in [-0.1, -0.05) is 33.1 Å². The molecule has 2 N–H and O–H groups in total. The molecule has 0 saturated heterocycles. The molecule has 0 radical (unpaired) electrons. The van der Waals surface area contributed by atoms with Crippen LogP contribution >= 0.6 is 0 Å². The fourth-order valence-corrected chi connectivity index (χ4v) is 3.33. The number of carbonyl (C=O) groups excluding carboxylic acids is 1. The molecule has 0 unspecified atom stereocenters. The lowest BCUT2D eigenvalue weighted by molar-refractivity contribution is -0.137. The van der Waals surface area contributed by atoms with E-state index in [9.17, 15) is 4.79 Å². The van der Waals surface area contributed by atoms with E-state index in [0.29, 0.717) is 12.5 Å². The Balaban J connectivity index is 2.38. The van der Waals surface area contributed by atoms with E-state index < -0.39 is 0 Å². The first kappa shape index (κ1) is 17.5. The van der Waals surface area contributed by atoms with Crippen LogP contribution in [-0.2, 0) is 4.79 Å². The molecule has 3 heteroatoms. The number of nitrogens with zero attached hydrogens (tertiary/aromatic N) is 1. The summed E-state index contributed by atoms with van der Waals surface area (Å²) in [5, 5.41) is 0. The minimum atomic E-state index is 0.289. The summed E-state index contributed by atoms with van der Waals surface area (Å²) in [6.45, 7) is 6.82. The van der Waals surface area contributed by atoms with Gasteiger partial charge in [0.25, 0.3) is 0 Å². The second kappa shape index (κ2) is 10.2. The highest BCUT2D eigenvalue weighted by Crippen LogP contribution is 2.32. The highest BCUT2D eigenvalue weighted by Gasteiger charge is 2.28. The molecule has 1 fully saturated rings. The summed E-state index contributed by atoms with van der Waals surface area (Å²) >= 11 is 0. The summed E-state index contributed by atoms with van der Waals surface area (Å²) < 4.78 is 0. The lowest BCUT2D eigenvalue weighted by Gasteiger charge is -2.32. The highest BCUT2D eigenvalue weighted by atomic mass is 16.2. The van der Waals surface area contributed by atoms with E-state index in [-0.39, 0.29) is 5.92 Å². The van der Waals surface area contributed by atoms with Crippen molar-refractivity contribution in [2.45, 2.75) is 71.6 Å². The molecule has 20 heavy (non-hydrogen) atoms. The van der Waals surface area contributed by atoms with Gasteiger partial charge in [-0.25, -0.2) is 0 Å². The van der Waals surface area contributed by atoms with E-state index in [2.05, 4.69) is 18.7 Å². The van der Waals surface area contributed by atoms with Crippen LogP contribution in [0.5, 0.6) is 0 Å². The second-order valence-electron chi connectivity index (χ2n) is 6.33. The van der Waals surface area contributed by atoms with Crippen molar-refractivity contribution in [3.63, 3.8) is 0 Å². The van der Waals surface area contributed by atoms with E-state index in [0.717, 1.165) is 44.7 Å². The lowest BCUT2D eigenvalue weighted by Crippen LogP contribution is -2.39. The number of amides is 1. The third-order valence-corrected chi connectivity index (χ3v) is 4.60. The molecule has 1 rings (SSSR count). The second-order valence-corrected chi connectivity index (χ2v) is 6.33. The molecule has 0 spiro atoms. The number of carbonyl (C=O) groups is 1. The minimum absolute atomic E-state index is 0.289. The molecule has 0 atom stereocenters. The van der Waals surface area contributed by atoms with Crippen LogP contribution in [0.1, 0.15) is 71.6 Å². The molecule has 0 heterocycles. The van der Waals surface area contributed by atoms with Crippen molar-refractivity contribution in [1.29, 1.82) is 0 Å². The first-order valence-electron chi connectivity index (χ1n) is 8.71. The average molecular weight is 282 g/mol. The van der Waals surface area contributed by atoms with E-state index >= 15 is 0 Å². The Kier molecular flexibility index (Phi) is 8.92. The molecule has 0 aromatic rings. The predicted octanol–water partition coefficient (Wildman–Crippen LogP) is 3.57. The van der Waals surface area contributed by atoms with Gasteiger partial charge in [-0.15, -0.1) is 0 Å². The fourth-order valence-electron chi connectivity index (χ4n) is 3.33. The highest BCUT2D eigenvalue weighted by molar-refractivity contribution is 5.78. The Labute approximate surface area is 125 Å².